The van der Waals surface area contributed by atoms with Gasteiger partial charge in [0.05, 0.1) is 19.7 Å². The Bertz CT molecular complexity index is 1230. The molecule has 0 aliphatic rings. The summed E-state index contributed by atoms with van der Waals surface area (Å²) in [6.07, 6.45) is 0. The van der Waals surface area contributed by atoms with Crippen LogP contribution in [0, 0.1) is 6.92 Å². The van der Waals surface area contributed by atoms with Crippen molar-refractivity contribution in [2.24, 2.45) is 0 Å². The van der Waals surface area contributed by atoms with Gasteiger partial charge in [-0.15, -0.1) is 0 Å². The Labute approximate surface area is 160 Å². The van der Waals surface area contributed by atoms with Crippen LogP contribution in [-0.2, 0) is 17.8 Å². The van der Waals surface area contributed by atoms with Gasteiger partial charge in [-0.3, -0.25) is 14.3 Å². The first-order valence-electron chi connectivity index (χ1n) is 8.91. The molecule has 0 spiro atoms. The van der Waals surface area contributed by atoms with Gasteiger partial charge in [0.2, 0.25) is 0 Å². The van der Waals surface area contributed by atoms with Gasteiger partial charge in [-0.05, 0) is 24.6 Å². The number of benzene rings is 1. The van der Waals surface area contributed by atoms with E-state index < -0.39 is 11.2 Å². The number of fused-ring (bicyclic) bond motifs is 1. The molecule has 1 aromatic carbocycles. The molecule has 3 aromatic heterocycles. The van der Waals surface area contributed by atoms with Crippen molar-refractivity contribution in [1.29, 1.82) is 0 Å². The number of imidazole rings is 1. The Balaban J connectivity index is 2.00. The van der Waals surface area contributed by atoms with E-state index in [1.807, 2.05) is 49.4 Å². The monoisotopic (exact) mass is 380 g/mol. The minimum absolute atomic E-state index is 0.279. The third-order valence-electron chi connectivity index (χ3n) is 4.55. The number of methoxy groups -OCH3 is 1. The van der Waals surface area contributed by atoms with E-state index in [0.717, 1.165) is 11.3 Å². The minimum Gasteiger partial charge on any atom is -0.458 e. The first-order valence-corrected chi connectivity index (χ1v) is 8.91. The standard InChI is InChI=1S/C20H20N4O4/c1-13-8-9-15(28-13)17-21-18-16(24(17)12-14-6-4-3-5-7-14)19(25)22-20(26)23(18)10-11-27-2/h3-9H,10-12H2,1-2H3,(H,22,25,26). The predicted octanol–water partition coefficient (Wildman–Crippen LogP) is 2.15. The first-order chi connectivity index (χ1) is 13.6. The molecule has 0 radical (unpaired) electrons. The summed E-state index contributed by atoms with van der Waals surface area (Å²) in [5.41, 5.74) is 0.641. The second-order valence-electron chi connectivity index (χ2n) is 6.49. The Morgan fingerprint density at radius 2 is 1.89 bits per heavy atom. The normalized spacial score (nSPS) is 11.4. The number of rotatable bonds is 6. The van der Waals surface area contributed by atoms with Crippen LogP contribution in [0.4, 0.5) is 0 Å². The zero-order valence-electron chi connectivity index (χ0n) is 15.6. The highest BCUT2D eigenvalue weighted by Crippen LogP contribution is 2.25. The number of nitrogens with zero attached hydrogens (tertiary/aromatic N) is 3. The lowest BCUT2D eigenvalue weighted by Crippen LogP contribution is -2.32. The molecule has 0 bridgehead atoms. The van der Waals surface area contributed by atoms with Crippen molar-refractivity contribution in [3.8, 4) is 11.6 Å². The number of ether oxygens (including phenoxy) is 1. The van der Waals surface area contributed by atoms with Crippen molar-refractivity contribution in [3.63, 3.8) is 0 Å². The van der Waals surface area contributed by atoms with Gasteiger partial charge in [0.15, 0.2) is 22.7 Å². The maximum atomic E-state index is 12.7. The fraction of sp³-hybridized carbons (Fsp3) is 0.250. The zero-order valence-corrected chi connectivity index (χ0v) is 15.6. The van der Waals surface area contributed by atoms with Gasteiger partial charge in [-0.25, -0.2) is 9.78 Å². The van der Waals surface area contributed by atoms with Crippen LogP contribution >= 0.6 is 0 Å². The number of nitrogens with one attached hydrogen (secondary N) is 1. The second-order valence-corrected chi connectivity index (χ2v) is 6.49. The molecule has 0 aliphatic heterocycles. The molecule has 4 aromatic rings. The summed E-state index contributed by atoms with van der Waals surface area (Å²) in [6, 6.07) is 13.4. The second kappa shape index (κ2) is 7.32. The maximum absolute atomic E-state index is 12.7. The van der Waals surface area contributed by atoms with Crippen molar-refractivity contribution >= 4 is 11.2 Å². The third-order valence-corrected chi connectivity index (χ3v) is 4.55. The molecule has 3 heterocycles. The molecule has 0 saturated carbocycles. The van der Waals surface area contributed by atoms with E-state index in [2.05, 4.69) is 9.97 Å². The Morgan fingerprint density at radius 3 is 2.57 bits per heavy atom. The molecular weight excluding hydrogens is 360 g/mol. The van der Waals surface area contributed by atoms with Crippen molar-refractivity contribution in [1.82, 2.24) is 19.1 Å². The van der Waals surface area contributed by atoms with Crippen LogP contribution in [0.1, 0.15) is 11.3 Å². The Hall–Kier alpha value is -3.39. The summed E-state index contributed by atoms with van der Waals surface area (Å²) in [4.78, 5) is 32.1. The minimum atomic E-state index is -0.513. The summed E-state index contributed by atoms with van der Waals surface area (Å²) < 4.78 is 14.1. The van der Waals surface area contributed by atoms with Crippen LogP contribution in [0.15, 0.2) is 56.5 Å². The molecule has 8 heteroatoms. The zero-order chi connectivity index (χ0) is 19.7. The van der Waals surface area contributed by atoms with Crippen LogP contribution in [0.3, 0.4) is 0 Å². The lowest BCUT2D eigenvalue weighted by molar-refractivity contribution is 0.187. The van der Waals surface area contributed by atoms with Crippen molar-refractivity contribution in [3.05, 3.63) is 74.6 Å². The molecule has 0 amide bonds. The molecule has 0 saturated heterocycles. The summed E-state index contributed by atoms with van der Waals surface area (Å²) in [5.74, 6) is 1.77. The molecule has 0 fully saturated rings. The Kier molecular flexibility index (Phi) is 4.70. The maximum Gasteiger partial charge on any atom is 0.330 e. The third kappa shape index (κ3) is 3.18. The van der Waals surface area contributed by atoms with E-state index in [-0.39, 0.29) is 6.54 Å². The lowest BCUT2D eigenvalue weighted by atomic mass is 10.2. The fourth-order valence-electron chi connectivity index (χ4n) is 3.23. The van der Waals surface area contributed by atoms with Gasteiger partial charge in [0, 0.05) is 7.11 Å². The highest BCUT2D eigenvalue weighted by Gasteiger charge is 2.21. The highest BCUT2D eigenvalue weighted by molar-refractivity contribution is 5.76. The average Bonchev–Trinajstić information content (AvgIpc) is 3.26. The fourth-order valence-corrected chi connectivity index (χ4v) is 3.23. The number of furan rings is 1. The quantitative estimate of drug-likeness (QED) is 0.553. The van der Waals surface area contributed by atoms with Gasteiger partial charge in [0.25, 0.3) is 5.56 Å². The molecule has 144 valence electrons. The van der Waals surface area contributed by atoms with Gasteiger partial charge < -0.3 is 13.7 Å². The highest BCUT2D eigenvalue weighted by atomic mass is 16.5. The van der Waals surface area contributed by atoms with Crippen LogP contribution in [0.5, 0.6) is 0 Å². The largest absolute Gasteiger partial charge is 0.458 e. The summed E-state index contributed by atoms with van der Waals surface area (Å²) in [7, 11) is 1.55. The number of aromatic amines is 1. The smallest absolute Gasteiger partial charge is 0.330 e. The molecular formula is C20H20N4O4. The van der Waals surface area contributed by atoms with Gasteiger partial charge in [-0.1, -0.05) is 30.3 Å². The van der Waals surface area contributed by atoms with E-state index in [0.29, 0.717) is 35.9 Å². The van der Waals surface area contributed by atoms with Crippen molar-refractivity contribution < 1.29 is 9.15 Å². The van der Waals surface area contributed by atoms with Crippen LogP contribution < -0.4 is 11.2 Å². The van der Waals surface area contributed by atoms with E-state index in [9.17, 15) is 9.59 Å². The molecule has 4 rings (SSSR count). The van der Waals surface area contributed by atoms with E-state index in [1.54, 1.807) is 11.7 Å². The number of hydrogen-bond donors (Lipinski definition) is 1. The van der Waals surface area contributed by atoms with E-state index in [1.165, 1.54) is 4.57 Å². The molecule has 1 N–H and O–H groups in total. The number of aryl methyl sites for hydroxylation is 1. The lowest BCUT2D eigenvalue weighted by Gasteiger charge is -2.08. The predicted molar refractivity (Wildman–Crippen MR) is 104 cm³/mol. The van der Waals surface area contributed by atoms with Crippen LogP contribution in [0.25, 0.3) is 22.7 Å². The average molecular weight is 380 g/mol. The van der Waals surface area contributed by atoms with E-state index >= 15 is 0 Å². The molecule has 0 aliphatic carbocycles. The molecule has 8 nitrogen and oxygen atoms in total. The molecule has 0 unspecified atom stereocenters. The van der Waals surface area contributed by atoms with Gasteiger partial charge >= 0.3 is 5.69 Å². The number of hydrogen-bond acceptors (Lipinski definition) is 5. The topological polar surface area (TPSA) is 95.1 Å². The summed E-state index contributed by atoms with van der Waals surface area (Å²) in [6.45, 7) is 2.86. The first kappa shape index (κ1) is 18.0. The molecule has 28 heavy (non-hydrogen) atoms. The number of aromatic nitrogens is 4. The van der Waals surface area contributed by atoms with Gasteiger partial charge in [-0.2, -0.15) is 0 Å². The van der Waals surface area contributed by atoms with Crippen LogP contribution in [0.2, 0.25) is 0 Å². The Morgan fingerprint density at radius 1 is 1.11 bits per heavy atom. The number of H-pyrrole nitrogens is 1. The van der Waals surface area contributed by atoms with Crippen molar-refractivity contribution in [2.45, 2.75) is 20.0 Å². The van der Waals surface area contributed by atoms with Gasteiger partial charge in [0.1, 0.15) is 5.76 Å². The molecule has 0 atom stereocenters. The van der Waals surface area contributed by atoms with Crippen molar-refractivity contribution in [2.75, 3.05) is 13.7 Å². The van der Waals surface area contributed by atoms with Crippen LogP contribution in [-0.4, -0.2) is 32.8 Å². The summed E-state index contributed by atoms with van der Waals surface area (Å²) >= 11 is 0. The van der Waals surface area contributed by atoms with E-state index in [4.69, 9.17) is 9.15 Å². The summed E-state index contributed by atoms with van der Waals surface area (Å²) in [5, 5.41) is 0. The SMILES string of the molecule is COCCn1c(=O)[nH]c(=O)c2c1nc(-c1ccc(C)o1)n2Cc1ccccc1.